The van der Waals surface area contributed by atoms with Crippen molar-refractivity contribution in [1.29, 1.82) is 0 Å². The Labute approximate surface area is 196 Å². The highest BCUT2D eigenvalue weighted by molar-refractivity contribution is 6.26. The summed E-state index contributed by atoms with van der Waals surface area (Å²) in [6.07, 6.45) is 13.9. The number of carbonyl (C=O) groups excluding carboxylic acids is 2. The Hall–Kier alpha value is -2.27. The van der Waals surface area contributed by atoms with Crippen molar-refractivity contribution in [3.05, 3.63) is 48.6 Å². The normalized spacial score (nSPS) is 19.7. The largest absolute Gasteiger partial charge is 0.494 e. The van der Waals surface area contributed by atoms with Crippen molar-refractivity contribution in [1.82, 2.24) is 0 Å². The van der Waals surface area contributed by atoms with E-state index in [2.05, 4.69) is 6.92 Å². The smallest absolute Gasteiger partial charge is 0.324 e. The molecular weight excluding hydrogens is 428 g/mol. The van der Waals surface area contributed by atoms with Crippen molar-refractivity contribution in [2.75, 3.05) is 6.61 Å². The van der Waals surface area contributed by atoms with Gasteiger partial charge in [0.15, 0.2) is 0 Å². The first-order chi connectivity index (χ1) is 15.3. The minimum absolute atomic E-state index is 0.123. The molecule has 0 spiro atoms. The first kappa shape index (κ1) is 26.0. The Bertz CT molecular complexity index is 784. The number of benzene rings is 1. The number of esters is 2. The average Bonchev–Trinajstić information content (AvgIpc) is 2.73. The second-order valence-corrected chi connectivity index (χ2v) is 9.09. The first-order valence-electron chi connectivity index (χ1n) is 11.6. The molecule has 0 amide bonds. The summed E-state index contributed by atoms with van der Waals surface area (Å²) in [7, 11) is 0. The van der Waals surface area contributed by atoms with Crippen LogP contribution in [-0.2, 0) is 14.3 Å². The van der Waals surface area contributed by atoms with Crippen molar-refractivity contribution < 1.29 is 23.8 Å². The van der Waals surface area contributed by atoms with Crippen molar-refractivity contribution in [3.63, 3.8) is 0 Å². The molecule has 0 aromatic heterocycles. The SMILES string of the molecule is CCCCCCCCOc1ccc(OC(=O)C2C=CC=CC2(Cl)OC(=O)CC(C)C)cc1. The van der Waals surface area contributed by atoms with Gasteiger partial charge in [0.25, 0.3) is 0 Å². The Morgan fingerprint density at radius 2 is 1.66 bits per heavy atom. The molecule has 0 heterocycles. The van der Waals surface area contributed by atoms with Gasteiger partial charge in [-0.25, -0.2) is 0 Å². The second-order valence-electron chi connectivity index (χ2n) is 8.50. The molecule has 0 saturated heterocycles. The fraction of sp³-hybridized carbons (Fsp3) is 0.538. The minimum Gasteiger partial charge on any atom is -0.494 e. The fourth-order valence-electron chi connectivity index (χ4n) is 3.34. The van der Waals surface area contributed by atoms with E-state index in [1.165, 1.54) is 38.2 Å². The predicted molar refractivity (Wildman–Crippen MR) is 127 cm³/mol. The lowest BCUT2D eigenvalue weighted by Gasteiger charge is -2.31. The maximum Gasteiger partial charge on any atom is 0.324 e. The van der Waals surface area contributed by atoms with Gasteiger partial charge in [-0.3, -0.25) is 9.59 Å². The quantitative estimate of drug-likeness (QED) is 0.143. The van der Waals surface area contributed by atoms with Crippen LogP contribution in [0.2, 0.25) is 0 Å². The van der Waals surface area contributed by atoms with Crippen LogP contribution < -0.4 is 9.47 Å². The maximum absolute atomic E-state index is 12.8. The molecule has 0 N–H and O–H groups in total. The topological polar surface area (TPSA) is 61.8 Å². The van der Waals surface area contributed by atoms with Crippen LogP contribution in [0.4, 0.5) is 0 Å². The summed E-state index contributed by atoms with van der Waals surface area (Å²) in [5.41, 5.74) is 0. The van der Waals surface area contributed by atoms with Crippen LogP contribution in [0.3, 0.4) is 0 Å². The van der Waals surface area contributed by atoms with Crippen LogP contribution >= 0.6 is 11.6 Å². The number of hydrogen-bond donors (Lipinski definition) is 0. The van der Waals surface area contributed by atoms with Gasteiger partial charge in [-0.05, 0) is 42.7 Å². The minimum atomic E-state index is -1.60. The van der Waals surface area contributed by atoms with E-state index < -0.39 is 22.9 Å². The van der Waals surface area contributed by atoms with Crippen LogP contribution in [-0.4, -0.2) is 23.6 Å². The van der Waals surface area contributed by atoms with Gasteiger partial charge in [0.2, 0.25) is 5.06 Å². The van der Waals surface area contributed by atoms with Gasteiger partial charge in [0.1, 0.15) is 17.4 Å². The summed E-state index contributed by atoms with van der Waals surface area (Å²) in [6, 6.07) is 6.90. The first-order valence-corrected chi connectivity index (χ1v) is 11.9. The van der Waals surface area contributed by atoms with Gasteiger partial charge in [-0.1, -0.05) is 82.7 Å². The lowest BCUT2D eigenvalue weighted by atomic mass is 9.96. The summed E-state index contributed by atoms with van der Waals surface area (Å²) in [5, 5.41) is -1.60. The van der Waals surface area contributed by atoms with E-state index in [1.54, 1.807) is 42.5 Å². The summed E-state index contributed by atoms with van der Waals surface area (Å²) in [4.78, 5) is 24.9. The molecule has 2 atom stereocenters. The zero-order valence-electron chi connectivity index (χ0n) is 19.3. The highest BCUT2D eigenvalue weighted by Crippen LogP contribution is 2.35. The van der Waals surface area contributed by atoms with Gasteiger partial charge >= 0.3 is 11.9 Å². The van der Waals surface area contributed by atoms with Crippen LogP contribution in [0, 0.1) is 11.8 Å². The molecule has 1 aliphatic carbocycles. The second kappa shape index (κ2) is 13.3. The highest BCUT2D eigenvalue weighted by atomic mass is 35.5. The summed E-state index contributed by atoms with van der Waals surface area (Å²) < 4.78 is 16.7. The molecule has 2 rings (SSSR count). The average molecular weight is 463 g/mol. The van der Waals surface area contributed by atoms with E-state index in [4.69, 9.17) is 25.8 Å². The van der Waals surface area contributed by atoms with Gasteiger partial charge in [-0.15, -0.1) is 0 Å². The lowest BCUT2D eigenvalue weighted by Crippen LogP contribution is -2.42. The van der Waals surface area contributed by atoms with Gasteiger partial charge in [-0.2, -0.15) is 0 Å². The third-order valence-electron chi connectivity index (χ3n) is 5.07. The van der Waals surface area contributed by atoms with Gasteiger partial charge in [0.05, 0.1) is 6.61 Å². The summed E-state index contributed by atoms with van der Waals surface area (Å²) in [6.45, 7) is 6.69. The molecule has 0 fully saturated rings. The number of rotatable bonds is 13. The van der Waals surface area contributed by atoms with E-state index in [-0.39, 0.29) is 12.3 Å². The lowest BCUT2D eigenvalue weighted by molar-refractivity contribution is -0.156. The predicted octanol–water partition coefficient (Wildman–Crippen LogP) is 6.60. The van der Waals surface area contributed by atoms with E-state index in [1.807, 2.05) is 13.8 Å². The number of unbranched alkanes of at least 4 members (excludes halogenated alkanes) is 5. The van der Waals surface area contributed by atoms with Crippen LogP contribution in [0.5, 0.6) is 11.5 Å². The molecule has 176 valence electrons. The fourth-order valence-corrected chi connectivity index (χ4v) is 3.66. The van der Waals surface area contributed by atoms with E-state index in [0.717, 1.165) is 12.2 Å². The van der Waals surface area contributed by atoms with Crippen molar-refractivity contribution in [2.24, 2.45) is 11.8 Å². The molecule has 0 saturated carbocycles. The number of halogens is 1. The molecule has 1 aliphatic rings. The van der Waals surface area contributed by atoms with Crippen molar-refractivity contribution in [2.45, 2.75) is 70.8 Å². The van der Waals surface area contributed by atoms with Gasteiger partial charge in [0, 0.05) is 6.42 Å². The van der Waals surface area contributed by atoms with Crippen molar-refractivity contribution in [3.8, 4) is 11.5 Å². The zero-order chi connectivity index (χ0) is 23.4. The Kier molecular flexibility index (Phi) is 10.8. The third kappa shape index (κ3) is 8.70. The Morgan fingerprint density at radius 3 is 2.34 bits per heavy atom. The third-order valence-corrected chi connectivity index (χ3v) is 5.51. The Balaban J connectivity index is 1.86. The Morgan fingerprint density at radius 1 is 1.00 bits per heavy atom. The molecular formula is C26H35ClO5. The number of alkyl halides is 1. The molecule has 2 unspecified atom stereocenters. The number of allylic oxidation sites excluding steroid dienone is 2. The molecule has 5 nitrogen and oxygen atoms in total. The molecule has 1 aromatic carbocycles. The van der Waals surface area contributed by atoms with Gasteiger partial charge < -0.3 is 14.2 Å². The summed E-state index contributed by atoms with van der Waals surface area (Å²) in [5.74, 6) is -0.782. The summed E-state index contributed by atoms with van der Waals surface area (Å²) >= 11 is 6.51. The number of hydrogen-bond acceptors (Lipinski definition) is 5. The number of ether oxygens (including phenoxy) is 3. The number of carbonyl (C=O) groups is 2. The van der Waals surface area contributed by atoms with Crippen LogP contribution in [0.15, 0.2) is 48.6 Å². The molecule has 0 radical (unpaired) electrons. The van der Waals surface area contributed by atoms with Crippen LogP contribution in [0.1, 0.15) is 65.7 Å². The van der Waals surface area contributed by atoms with Crippen LogP contribution in [0.25, 0.3) is 0 Å². The molecule has 32 heavy (non-hydrogen) atoms. The standard InChI is InChI=1S/C26H35ClO5/c1-4-5-6-7-8-11-18-30-21-13-15-22(16-14-21)31-25(29)23-12-9-10-17-26(23,27)32-24(28)19-20(2)3/h9-10,12-17,20,23H,4-8,11,18-19H2,1-3H3. The zero-order valence-corrected chi connectivity index (χ0v) is 20.1. The van der Waals surface area contributed by atoms with E-state index in [0.29, 0.717) is 12.4 Å². The molecule has 1 aromatic rings. The van der Waals surface area contributed by atoms with E-state index >= 15 is 0 Å². The van der Waals surface area contributed by atoms with Crippen molar-refractivity contribution >= 4 is 23.5 Å². The molecule has 0 aliphatic heterocycles. The highest BCUT2D eigenvalue weighted by Gasteiger charge is 2.44. The molecule has 6 heteroatoms. The maximum atomic E-state index is 12.8. The van der Waals surface area contributed by atoms with E-state index in [9.17, 15) is 9.59 Å². The molecule has 0 bridgehead atoms. The monoisotopic (exact) mass is 462 g/mol.